The second-order valence-electron chi connectivity index (χ2n) is 4.82. The van der Waals surface area contributed by atoms with Crippen LogP contribution in [0.5, 0.6) is 0 Å². The van der Waals surface area contributed by atoms with Crippen LogP contribution in [0.25, 0.3) is 0 Å². The quantitative estimate of drug-likeness (QED) is 0.873. The van der Waals surface area contributed by atoms with Gasteiger partial charge in [-0.3, -0.25) is 0 Å². The van der Waals surface area contributed by atoms with Gasteiger partial charge in [0.1, 0.15) is 16.9 Å². The van der Waals surface area contributed by atoms with Gasteiger partial charge in [0.15, 0.2) is 0 Å². The standard InChI is InChI=1S/C14H18ClN3/c15-13-11(10-16)8-9-17-14(13)18-12-6-4-2-1-3-5-7-12/h8-9,12H,1-7H2,(H,17,18). The van der Waals surface area contributed by atoms with Crippen molar-refractivity contribution in [1.82, 2.24) is 4.98 Å². The molecule has 1 N–H and O–H groups in total. The van der Waals surface area contributed by atoms with E-state index in [1.165, 1.54) is 32.1 Å². The Hall–Kier alpha value is -1.27. The van der Waals surface area contributed by atoms with E-state index < -0.39 is 0 Å². The number of pyridine rings is 1. The first-order chi connectivity index (χ1) is 8.81. The third kappa shape index (κ3) is 3.36. The number of nitrogens with zero attached hydrogens (tertiary/aromatic N) is 2. The summed E-state index contributed by atoms with van der Waals surface area (Å²) in [6.45, 7) is 0. The summed E-state index contributed by atoms with van der Waals surface area (Å²) in [4.78, 5) is 4.24. The maximum absolute atomic E-state index is 8.94. The second kappa shape index (κ2) is 6.61. The molecule has 0 atom stereocenters. The molecule has 0 aromatic carbocycles. The Bertz CT molecular complexity index is 431. The van der Waals surface area contributed by atoms with Crippen LogP contribution in [0.1, 0.15) is 50.5 Å². The number of hydrogen-bond acceptors (Lipinski definition) is 3. The molecule has 1 heterocycles. The van der Waals surface area contributed by atoms with Gasteiger partial charge in [0.2, 0.25) is 0 Å². The van der Waals surface area contributed by atoms with Crippen LogP contribution in [-0.2, 0) is 0 Å². The minimum absolute atomic E-state index is 0.434. The molecule has 0 spiro atoms. The molecule has 2 rings (SSSR count). The fraction of sp³-hybridized carbons (Fsp3) is 0.571. The molecule has 4 heteroatoms. The van der Waals surface area contributed by atoms with E-state index in [0.29, 0.717) is 22.4 Å². The number of aromatic nitrogens is 1. The van der Waals surface area contributed by atoms with Crippen molar-refractivity contribution in [2.24, 2.45) is 0 Å². The molecule has 0 bridgehead atoms. The van der Waals surface area contributed by atoms with Crippen molar-refractivity contribution in [3.8, 4) is 6.07 Å². The van der Waals surface area contributed by atoms with E-state index in [2.05, 4.69) is 16.4 Å². The number of anilines is 1. The lowest BCUT2D eigenvalue weighted by Gasteiger charge is -2.22. The van der Waals surface area contributed by atoms with Gasteiger partial charge in [-0.25, -0.2) is 4.98 Å². The van der Waals surface area contributed by atoms with Crippen LogP contribution in [-0.4, -0.2) is 11.0 Å². The maximum Gasteiger partial charge on any atom is 0.146 e. The molecule has 0 unspecified atom stereocenters. The Labute approximate surface area is 113 Å². The van der Waals surface area contributed by atoms with Crippen LogP contribution in [0.4, 0.5) is 5.82 Å². The highest BCUT2D eigenvalue weighted by Gasteiger charge is 2.14. The third-order valence-electron chi connectivity index (χ3n) is 3.46. The molecule has 18 heavy (non-hydrogen) atoms. The zero-order valence-corrected chi connectivity index (χ0v) is 11.2. The highest BCUT2D eigenvalue weighted by atomic mass is 35.5. The average Bonchev–Trinajstić information content (AvgIpc) is 2.34. The van der Waals surface area contributed by atoms with Crippen molar-refractivity contribution >= 4 is 17.4 Å². The van der Waals surface area contributed by atoms with Gasteiger partial charge in [-0.2, -0.15) is 5.26 Å². The van der Waals surface area contributed by atoms with Crippen molar-refractivity contribution in [2.75, 3.05) is 5.32 Å². The summed E-state index contributed by atoms with van der Waals surface area (Å²) < 4.78 is 0. The van der Waals surface area contributed by atoms with Gasteiger partial charge in [-0.05, 0) is 18.9 Å². The number of nitriles is 1. The van der Waals surface area contributed by atoms with Crippen molar-refractivity contribution in [3.63, 3.8) is 0 Å². The van der Waals surface area contributed by atoms with Crippen LogP contribution >= 0.6 is 11.6 Å². The Kier molecular flexibility index (Phi) is 4.83. The van der Waals surface area contributed by atoms with Gasteiger partial charge in [0.25, 0.3) is 0 Å². The molecule has 1 fully saturated rings. The largest absolute Gasteiger partial charge is 0.366 e. The number of halogens is 1. The van der Waals surface area contributed by atoms with Crippen molar-refractivity contribution in [1.29, 1.82) is 5.26 Å². The Morgan fingerprint density at radius 3 is 2.56 bits per heavy atom. The summed E-state index contributed by atoms with van der Waals surface area (Å²) in [5.74, 6) is 0.654. The van der Waals surface area contributed by atoms with Crippen LogP contribution in [0, 0.1) is 11.3 Å². The minimum atomic E-state index is 0.434. The fourth-order valence-electron chi connectivity index (χ4n) is 2.42. The zero-order chi connectivity index (χ0) is 12.8. The molecule has 1 saturated carbocycles. The molecule has 1 aliphatic rings. The lowest BCUT2D eigenvalue weighted by atomic mass is 9.97. The normalized spacial score (nSPS) is 17.6. The molecule has 96 valence electrons. The molecular weight excluding hydrogens is 246 g/mol. The molecule has 1 aliphatic carbocycles. The Balaban J connectivity index is 2.06. The van der Waals surface area contributed by atoms with Crippen molar-refractivity contribution in [3.05, 3.63) is 22.8 Å². The summed E-state index contributed by atoms with van der Waals surface area (Å²) in [7, 11) is 0. The molecule has 0 aliphatic heterocycles. The van der Waals surface area contributed by atoms with E-state index in [9.17, 15) is 0 Å². The van der Waals surface area contributed by atoms with Gasteiger partial charge in [0.05, 0.1) is 5.56 Å². The number of nitrogens with one attached hydrogen (secondary N) is 1. The summed E-state index contributed by atoms with van der Waals surface area (Å²) in [5, 5.41) is 12.8. The summed E-state index contributed by atoms with van der Waals surface area (Å²) in [5.41, 5.74) is 0.486. The minimum Gasteiger partial charge on any atom is -0.366 e. The monoisotopic (exact) mass is 263 g/mol. The first kappa shape index (κ1) is 13.2. The van der Waals surface area contributed by atoms with E-state index in [1.807, 2.05) is 0 Å². The average molecular weight is 264 g/mol. The predicted molar refractivity (Wildman–Crippen MR) is 73.7 cm³/mol. The van der Waals surface area contributed by atoms with Gasteiger partial charge < -0.3 is 5.32 Å². The topological polar surface area (TPSA) is 48.7 Å². The summed E-state index contributed by atoms with van der Waals surface area (Å²) >= 11 is 6.15. The van der Waals surface area contributed by atoms with E-state index >= 15 is 0 Å². The highest BCUT2D eigenvalue weighted by molar-refractivity contribution is 6.34. The predicted octanol–water partition coefficient (Wildman–Crippen LogP) is 4.13. The van der Waals surface area contributed by atoms with Crippen LogP contribution in [0.15, 0.2) is 12.3 Å². The maximum atomic E-state index is 8.94. The number of rotatable bonds is 2. The molecule has 1 aromatic rings. The Morgan fingerprint density at radius 1 is 1.22 bits per heavy atom. The van der Waals surface area contributed by atoms with Crippen LogP contribution in [0.2, 0.25) is 5.02 Å². The molecular formula is C14H18ClN3. The van der Waals surface area contributed by atoms with Gasteiger partial charge >= 0.3 is 0 Å². The third-order valence-corrected chi connectivity index (χ3v) is 3.84. The van der Waals surface area contributed by atoms with E-state index in [-0.39, 0.29) is 0 Å². The summed E-state index contributed by atoms with van der Waals surface area (Å²) in [6.07, 6.45) is 10.5. The van der Waals surface area contributed by atoms with Crippen molar-refractivity contribution < 1.29 is 0 Å². The molecule has 0 radical (unpaired) electrons. The van der Waals surface area contributed by atoms with Gasteiger partial charge in [-0.15, -0.1) is 0 Å². The Morgan fingerprint density at radius 2 is 1.89 bits per heavy atom. The van der Waals surface area contributed by atoms with Gasteiger partial charge in [-0.1, -0.05) is 43.7 Å². The molecule has 1 aromatic heterocycles. The van der Waals surface area contributed by atoms with E-state index in [0.717, 1.165) is 12.8 Å². The number of hydrogen-bond donors (Lipinski definition) is 1. The first-order valence-corrected chi connectivity index (χ1v) is 7.00. The van der Waals surface area contributed by atoms with E-state index in [4.69, 9.17) is 16.9 Å². The van der Waals surface area contributed by atoms with E-state index in [1.54, 1.807) is 12.3 Å². The van der Waals surface area contributed by atoms with Crippen LogP contribution < -0.4 is 5.32 Å². The van der Waals surface area contributed by atoms with Crippen LogP contribution in [0.3, 0.4) is 0 Å². The van der Waals surface area contributed by atoms with Crippen molar-refractivity contribution in [2.45, 2.75) is 51.0 Å². The second-order valence-corrected chi connectivity index (χ2v) is 5.20. The van der Waals surface area contributed by atoms with Gasteiger partial charge in [0, 0.05) is 12.2 Å². The lowest BCUT2D eigenvalue weighted by Crippen LogP contribution is -2.21. The highest BCUT2D eigenvalue weighted by Crippen LogP contribution is 2.26. The smallest absolute Gasteiger partial charge is 0.146 e. The fourth-order valence-corrected chi connectivity index (χ4v) is 2.63. The lowest BCUT2D eigenvalue weighted by molar-refractivity contribution is 0.471. The molecule has 3 nitrogen and oxygen atoms in total. The zero-order valence-electron chi connectivity index (χ0n) is 10.5. The summed E-state index contributed by atoms with van der Waals surface area (Å²) in [6, 6.07) is 4.16. The SMILES string of the molecule is N#Cc1ccnc(NC2CCCCCCC2)c1Cl. The molecule has 0 saturated heterocycles. The molecule has 0 amide bonds. The first-order valence-electron chi connectivity index (χ1n) is 6.62.